The first-order valence-electron chi connectivity index (χ1n) is 10.3. The van der Waals surface area contributed by atoms with E-state index in [1.807, 2.05) is 11.4 Å². The number of carbonyl (C=O) groups excluding carboxylic acids is 1. The summed E-state index contributed by atoms with van der Waals surface area (Å²) in [5.41, 5.74) is 1.02. The Balaban J connectivity index is 0.00000625. The Labute approximate surface area is 175 Å². The van der Waals surface area contributed by atoms with E-state index >= 15 is 0 Å². The van der Waals surface area contributed by atoms with E-state index in [1.54, 1.807) is 0 Å². The van der Waals surface area contributed by atoms with Gasteiger partial charge in [0.25, 0.3) is 5.24 Å². The Morgan fingerprint density at radius 2 is 1.35 bits per heavy atom. The van der Waals surface area contributed by atoms with Gasteiger partial charge in [-0.25, -0.2) is 0 Å². The van der Waals surface area contributed by atoms with Gasteiger partial charge >= 0.3 is 0 Å². The van der Waals surface area contributed by atoms with Crippen LogP contribution in [0.5, 0.6) is 0 Å². The summed E-state index contributed by atoms with van der Waals surface area (Å²) in [4.78, 5) is 11.6. The third-order valence-corrected chi connectivity index (χ3v) is 5.90. The molecule has 0 fully saturated rings. The van der Waals surface area contributed by atoms with Crippen LogP contribution < -0.4 is 5.32 Å². The molecule has 0 atom stereocenters. The number of thiophene rings is 1. The van der Waals surface area contributed by atoms with Crippen LogP contribution in [0.2, 0.25) is 0 Å². The van der Waals surface area contributed by atoms with Crippen molar-refractivity contribution >= 4 is 46.3 Å². The summed E-state index contributed by atoms with van der Waals surface area (Å²) in [5, 5.41) is 4.95. The molecule has 1 rings (SSSR count). The summed E-state index contributed by atoms with van der Waals surface area (Å²) >= 11 is 6.86. The van der Waals surface area contributed by atoms with Crippen LogP contribution >= 0.6 is 35.3 Å². The summed E-state index contributed by atoms with van der Waals surface area (Å²) in [6.45, 7) is 3.26. The summed E-state index contributed by atoms with van der Waals surface area (Å²) < 4.78 is 0. The first-order valence-corrected chi connectivity index (χ1v) is 11.5. The van der Waals surface area contributed by atoms with Crippen molar-refractivity contribution in [1.29, 1.82) is 0 Å². The maximum Gasteiger partial charge on any atom is 0.262 e. The molecule has 0 bridgehead atoms. The molecule has 0 spiro atoms. The van der Waals surface area contributed by atoms with Gasteiger partial charge in [-0.05, 0) is 24.1 Å². The Hall–Kier alpha value is -0.250. The minimum Gasteiger partial charge on any atom is -0.384 e. The van der Waals surface area contributed by atoms with E-state index in [9.17, 15) is 4.79 Å². The van der Waals surface area contributed by atoms with Crippen molar-refractivity contribution in [1.82, 2.24) is 0 Å². The van der Waals surface area contributed by atoms with Crippen LogP contribution in [0, 0.1) is 0 Å². The molecule has 0 saturated carbocycles. The quantitative estimate of drug-likeness (QED) is 0.202. The summed E-state index contributed by atoms with van der Waals surface area (Å²) in [7, 11) is 0. The average molecular weight is 423 g/mol. The van der Waals surface area contributed by atoms with E-state index in [1.165, 1.54) is 101 Å². The van der Waals surface area contributed by atoms with Gasteiger partial charge in [0, 0.05) is 17.6 Å². The zero-order valence-corrected chi connectivity index (χ0v) is 18.8. The third-order valence-electron chi connectivity index (χ3n) is 4.65. The first-order chi connectivity index (χ1) is 12.2. The molecule has 0 radical (unpaired) electrons. The highest BCUT2D eigenvalue weighted by Gasteiger charge is 2.05. The Bertz CT molecular complexity index is 451. The standard InChI is InChI=1S/C21H36ClNOS.ClH/c1-2-3-4-5-6-7-8-9-10-11-12-13-14-15-16-23-19-17-20(21(22)24)25-18-19;/h17-18,23H,2-16H2,1H3;1H. The van der Waals surface area contributed by atoms with Crippen LogP contribution in [0.3, 0.4) is 0 Å². The molecular weight excluding hydrogens is 385 g/mol. The molecule has 5 heteroatoms. The SMILES string of the molecule is CCCCCCCCCCCCCCCCNc1csc(C(=O)Cl)c1.Cl. The molecule has 0 saturated heterocycles. The molecule has 1 aromatic heterocycles. The zero-order valence-electron chi connectivity index (χ0n) is 16.4. The molecule has 0 aliphatic heterocycles. The van der Waals surface area contributed by atoms with E-state index in [0.29, 0.717) is 4.88 Å². The van der Waals surface area contributed by atoms with Gasteiger partial charge < -0.3 is 5.32 Å². The highest BCUT2D eigenvalue weighted by molar-refractivity contribution is 7.14. The highest BCUT2D eigenvalue weighted by Crippen LogP contribution is 2.21. The molecule has 26 heavy (non-hydrogen) atoms. The van der Waals surface area contributed by atoms with Gasteiger partial charge in [-0.1, -0.05) is 90.4 Å². The molecule has 2 nitrogen and oxygen atoms in total. The van der Waals surface area contributed by atoms with Crippen molar-refractivity contribution in [3.05, 3.63) is 16.3 Å². The molecule has 0 amide bonds. The number of halogens is 2. The molecule has 0 aromatic carbocycles. The van der Waals surface area contributed by atoms with Crippen molar-refractivity contribution < 1.29 is 4.79 Å². The van der Waals surface area contributed by atoms with E-state index in [-0.39, 0.29) is 17.6 Å². The molecule has 0 unspecified atom stereocenters. The van der Waals surface area contributed by atoms with Crippen molar-refractivity contribution in [3.8, 4) is 0 Å². The van der Waals surface area contributed by atoms with Gasteiger partial charge in [-0.3, -0.25) is 4.79 Å². The number of hydrogen-bond donors (Lipinski definition) is 1. The molecule has 0 aliphatic carbocycles. The second-order valence-electron chi connectivity index (χ2n) is 7.00. The minimum atomic E-state index is -0.366. The van der Waals surface area contributed by atoms with Gasteiger partial charge in [0.05, 0.1) is 4.88 Å². The monoisotopic (exact) mass is 421 g/mol. The Morgan fingerprint density at radius 3 is 1.77 bits per heavy atom. The maximum absolute atomic E-state index is 11.0. The molecular formula is C21H37Cl2NOS. The Morgan fingerprint density at radius 1 is 0.885 bits per heavy atom. The Kier molecular flexibility index (Phi) is 18.0. The normalized spacial score (nSPS) is 10.5. The minimum absolute atomic E-state index is 0. The fourth-order valence-corrected chi connectivity index (χ4v) is 3.97. The molecule has 1 heterocycles. The van der Waals surface area contributed by atoms with Crippen molar-refractivity contribution in [2.75, 3.05) is 11.9 Å². The number of unbranched alkanes of at least 4 members (excludes halogenated alkanes) is 13. The largest absolute Gasteiger partial charge is 0.384 e. The summed E-state index contributed by atoms with van der Waals surface area (Å²) in [6, 6.07) is 1.84. The van der Waals surface area contributed by atoms with Crippen LogP contribution in [-0.4, -0.2) is 11.8 Å². The smallest absolute Gasteiger partial charge is 0.262 e. The lowest BCUT2D eigenvalue weighted by atomic mass is 10.0. The van der Waals surface area contributed by atoms with Crippen LogP contribution in [0.1, 0.15) is 106 Å². The van der Waals surface area contributed by atoms with Gasteiger partial charge in [0.1, 0.15) is 0 Å². The molecule has 0 aliphatic rings. The average Bonchev–Trinajstić information content (AvgIpc) is 3.07. The predicted octanol–water partition coefficient (Wildman–Crippen LogP) is 8.44. The number of nitrogens with one attached hydrogen (secondary N) is 1. The van der Waals surface area contributed by atoms with Crippen molar-refractivity contribution in [2.45, 2.75) is 96.8 Å². The third kappa shape index (κ3) is 13.9. The zero-order chi connectivity index (χ0) is 18.2. The van der Waals surface area contributed by atoms with Crippen LogP contribution in [0.25, 0.3) is 0 Å². The lowest BCUT2D eigenvalue weighted by Crippen LogP contribution is -2.00. The van der Waals surface area contributed by atoms with Crippen molar-refractivity contribution in [3.63, 3.8) is 0 Å². The number of carbonyl (C=O) groups is 1. The fraction of sp³-hybridized carbons (Fsp3) is 0.762. The fourth-order valence-electron chi connectivity index (χ4n) is 3.08. The van der Waals surface area contributed by atoms with E-state index in [0.717, 1.165) is 12.2 Å². The van der Waals surface area contributed by atoms with E-state index < -0.39 is 0 Å². The van der Waals surface area contributed by atoms with Crippen LogP contribution in [0.15, 0.2) is 11.4 Å². The van der Waals surface area contributed by atoms with Crippen LogP contribution in [0.4, 0.5) is 5.69 Å². The lowest BCUT2D eigenvalue weighted by molar-refractivity contribution is 0.108. The first kappa shape index (κ1) is 25.8. The van der Waals surface area contributed by atoms with Gasteiger partial charge in [-0.2, -0.15) is 0 Å². The highest BCUT2D eigenvalue weighted by atomic mass is 35.5. The molecule has 1 N–H and O–H groups in total. The molecule has 1 aromatic rings. The van der Waals surface area contributed by atoms with Crippen molar-refractivity contribution in [2.24, 2.45) is 0 Å². The second-order valence-corrected chi connectivity index (χ2v) is 8.25. The van der Waals surface area contributed by atoms with E-state index in [4.69, 9.17) is 11.6 Å². The van der Waals surface area contributed by atoms with Gasteiger partial charge in [-0.15, -0.1) is 23.7 Å². The molecule has 152 valence electrons. The number of anilines is 1. The lowest BCUT2D eigenvalue weighted by Gasteiger charge is -2.04. The number of rotatable bonds is 17. The summed E-state index contributed by atoms with van der Waals surface area (Å²) in [5.74, 6) is 0. The second kappa shape index (κ2) is 18.1. The van der Waals surface area contributed by atoms with Gasteiger partial charge in [0.15, 0.2) is 0 Å². The predicted molar refractivity (Wildman–Crippen MR) is 121 cm³/mol. The summed E-state index contributed by atoms with van der Waals surface area (Å²) in [6.07, 6.45) is 19.4. The topological polar surface area (TPSA) is 29.1 Å². The van der Waals surface area contributed by atoms with Crippen LogP contribution in [-0.2, 0) is 0 Å². The maximum atomic E-state index is 11.0. The number of hydrogen-bond acceptors (Lipinski definition) is 3. The van der Waals surface area contributed by atoms with E-state index in [2.05, 4.69) is 12.2 Å². The van der Waals surface area contributed by atoms with Gasteiger partial charge in [0.2, 0.25) is 0 Å².